The fourth-order valence-corrected chi connectivity index (χ4v) is 2.30. The first-order chi connectivity index (χ1) is 7.36. The number of nitrogens with one attached hydrogen (secondary N) is 2. The van der Waals surface area contributed by atoms with Crippen molar-refractivity contribution in [2.24, 2.45) is 0 Å². The van der Waals surface area contributed by atoms with Gasteiger partial charge in [-0.15, -0.1) is 0 Å². The largest absolute Gasteiger partial charge is 0.305 e. The van der Waals surface area contributed by atoms with Crippen LogP contribution in [0.1, 0.15) is 57.3 Å². The van der Waals surface area contributed by atoms with Gasteiger partial charge in [0.05, 0.1) is 6.04 Å². The van der Waals surface area contributed by atoms with E-state index in [0.717, 1.165) is 5.82 Å². The Morgan fingerprint density at radius 3 is 2.67 bits per heavy atom. The van der Waals surface area contributed by atoms with Crippen LogP contribution in [0.2, 0.25) is 0 Å². The van der Waals surface area contributed by atoms with E-state index in [1.165, 1.54) is 38.5 Å². The molecule has 4 nitrogen and oxygen atoms in total. The molecule has 2 rings (SSSR count). The van der Waals surface area contributed by atoms with Crippen LogP contribution in [0.4, 0.5) is 0 Å². The first-order valence-electron chi connectivity index (χ1n) is 5.97. The Morgan fingerprint density at radius 1 is 1.33 bits per heavy atom. The molecule has 0 radical (unpaired) electrons. The molecule has 0 bridgehead atoms. The second-order valence-corrected chi connectivity index (χ2v) is 4.45. The molecule has 0 spiro atoms. The van der Waals surface area contributed by atoms with Crippen LogP contribution in [0, 0.1) is 0 Å². The molecule has 4 heteroatoms. The van der Waals surface area contributed by atoms with Crippen LogP contribution in [0.5, 0.6) is 0 Å². The molecule has 1 aromatic rings. The standard InChI is InChI=1S/C11H20N4/c1-9(11-12-8-13-15-11)14-10-6-4-2-3-5-7-10/h8-10,14H,2-7H2,1H3,(H,12,13,15). The molecule has 1 unspecified atom stereocenters. The van der Waals surface area contributed by atoms with Crippen LogP contribution in [0.3, 0.4) is 0 Å². The molecular formula is C11H20N4. The van der Waals surface area contributed by atoms with Crippen molar-refractivity contribution in [1.82, 2.24) is 20.5 Å². The Balaban J connectivity index is 1.84. The monoisotopic (exact) mass is 208 g/mol. The molecule has 0 amide bonds. The van der Waals surface area contributed by atoms with E-state index in [2.05, 4.69) is 27.4 Å². The van der Waals surface area contributed by atoms with E-state index in [-0.39, 0.29) is 6.04 Å². The lowest BCUT2D eigenvalue weighted by atomic mass is 10.1. The van der Waals surface area contributed by atoms with E-state index in [9.17, 15) is 0 Å². The Labute approximate surface area is 90.9 Å². The molecule has 0 aliphatic heterocycles. The quantitative estimate of drug-likeness (QED) is 0.749. The van der Waals surface area contributed by atoms with Crippen molar-refractivity contribution in [1.29, 1.82) is 0 Å². The topological polar surface area (TPSA) is 53.6 Å². The second-order valence-electron chi connectivity index (χ2n) is 4.45. The predicted octanol–water partition coefficient (Wildman–Crippen LogP) is 2.18. The zero-order valence-electron chi connectivity index (χ0n) is 9.37. The van der Waals surface area contributed by atoms with Crippen molar-refractivity contribution in [3.05, 3.63) is 12.2 Å². The summed E-state index contributed by atoms with van der Waals surface area (Å²) in [5.74, 6) is 0.944. The van der Waals surface area contributed by atoms with Gasteiger partial charge >= 0.3 is 0 Å². The van der Waals surface area contributed by atoms with Gasteiger partial charge in [0.1, 0.15) is 12.2 Å². The molecule has 1 aromatic heterocycles. The number of hydrogen-bond donors (Lipinski definition) is 2. The average molecular weight is 208 g/mol. The fraction of sp³-hybridized carbons (Fsp3) is 0.818. The third-order valence-electron chi connectivity index (χ3n) is 3.18. The minimum absolute atomic E-state index is 0.288. The SMILES string of the molecule is CC(NC1CCCCCC1)c1ncn[nH]1. The van der Waals surface area contributed by atoms with Gasteiger partial charge in [0.25, 0.3) is 0 Å². The van der Waals surface area contributed by atoms with Crippen molar-refractivity contribution >= 4 is 0 Å². The van der Waals surface area contributed by atoms with Crippen LogP contribution >= 0.6 is 0 Å². The van der Waals surface area contributed by atoms with Gasteiger partial charge in [0.2, 0.25) is 0 Å². The summed E-state index contributed by atoms with van der Waals surface area (Å²) in [7, 11) is 0. The van der Waals surface area contributed by atoms with Gasteiger partial charge in [0, 0.05) is 6.04 Å². The van der Waals surface area contributed by atoms with E-state index < -0.39 is 0 Å². The maximum atomic E-state index is 4.18. The van der Waals surface area contributed by atoms with Crippen LogP contribution in [0.15, 0.2) is 6.33 Å². The lowest BCUT2D eigenvalue weighted by molar-refractivity contribution is 0.405. The molecule has 2 N–H and O–H groups in total. The average Bonchev–Trinajstić information content (AvgIpc) is 2.65. The molecular weight excluding hydrogens is 188 g/mol. The fourth-order valence-electron chi connectivity index (χ4n) is 2.30. The van der Waals surface area contributed by atoms with Crippen molar-refractivity contribution < 1.29 is 0 Å². The highest BCUT2D eigenvalue weighted by molar-refractivity contribution is 4.90. The van der Waals surface area contributed by atoms with Gasteiger partial charge in [-0.3, -0.25) is 5.10 Å². The summed E-state index contributed by atoms with van der Waals surface area (Å²) >= 11 is 0. The van der Waals surface area contributed by atoms with Crippen molar-refractivity contribution in [3.63, 3.8) is 0 Å². The summed E-state index contributed by atoms with van der Waals surface area (Å²) in [5.41, 5.74) is 0. The summed E-state index contributed by atoms with van der Waals surface area (Å²) in [4.78, 5) is 4.18. The third kappa shape index (κ3) is 3.02. The van der Waals surface area contributed by atoms with Crippen molar-refractivity contribution in [3.8, 4) is 0 Å². The van der Waals surface area contributed by atoms with Gasteiger partial charge in [-0.2, -0.15) is 5.10 Å². The summed E-state index contributed by atoms with van der Waals surface area (Å²) in [6.07, 6.45) is 9.70. The zero-order valence-corrected chi connectivity index (χ0v) is 9.37. The molecule has 1 saturated carbocycles. The normalized spacial score (nSPS) is 21.1. The molecule has 0 aromatic carbocycles. The third-order valence-corrected chi connectivity index (χ3v) is 3.18. The maximum Gasteiger partial charge on any atom is 0.141 e. The van der Waals surface area contributed by atoms with E-state index in [1.54, 1.807) is 6.33 Å². The highest BCUT2D eigenvalue weighted by Gasteiger charge is 2.16. The molecule has 0 saturated heterocycles. The van der Waals surface area contributed by atoms with Gasteiger partial charge in [-0.25, -0.2) is 4.98 Å². The number of hydrogen-bond acceptors (Lipinski definition) is 3. The Bertz CT molecular complexity index is 262. The molecule has 1 atom stereocenters. The first kappa shape index (κ1) is 10.6. The Hall–Kier alpha value is -0.900. The molecule has 1 heterocycles. The smallest absolute Gasteiger partial charge is 0.141 e. The van der Waals surface area contributed by atoms with E-state index in [1.807, 2.05) is 0 Å². The summed E-state index contributed by atoms with van der Waals surface area (Å²) in [6, 6.07) is 0.947. The van der Waals surface area contributed by atoms with Crippen LogP contribution in [-0.4, -0.2) is 21.2 Å². The minimum atomic E-state index is 0.288. The van der Waals surface area contributed by atoms with Crippen LogP contribution < -0.4 is 5.32 Å². The molecule has 1 fully saturated rings. The molecule has 15 heavy (non-hydrogen) atoms. The second kappa shape index (κ2) is 5.26. The van der Waals surface area contributed by atoms with E-state index >= 15 is 0 Å². The van der Waals surface area contributed by atoms with Gasteiger partial charge in [-0.1, -0.05) is 25.7 Å². The lowest BCUT2D eigenvalue weighted by Crippen LogP contribution is -2.31. The number of aromatic nitrogens is 3. The highest BCUT2D eigenvalue weighted by atomic mass is 15.2. The van der Waals surface area contributed by atoms with Gasteiger partial charge in [0.15, 0.2) is 0 Å². The number of nitrogens with zero attached hydrogens (tertiary/aromatic N) is 2. The first-order valence-corrected chi connectivity index (χ1v) is 5.97. The van der Waals surface area contributed by atoms with Gasteiger partial charge in [-0.05, 0) is 19.8 Å². The van der Waals surface area contributed by atoms with Crippen LogP contribution in [0.25, 0.3) is 0 Å². The van der Waals surface area contributed by atoms with Crippen molar-refractivity contribution in [2.45, 2.75) is 57.5 Å². The zero-order chi connectivity index (χ0) is 10.5. The molecule has 1 aliphatic carbocycles. The van der Waals surface area contributed by atoms with Gasteiger partial charge < -0.3 is 5.32 Å². The van der Waals surface area contributed by atoms with Crippen LogP contribution in [-0.2, 0) is 0 Å². The lowest BCUT2D eigenvalue weighted by Gasteiger charge is -2.20. The number of aromatic amines is 1. The maximum absolute atomic E-state index is 4.18. The summed E-state index contributed by atoms with van der Waals surface area (Å²) < 4.78 is 0. The van der Waals surface area contributed by atoms with E-state index in [4.69, 9.17) is 0 Å². The minimum Gasteiger partial charge on any atom is -0.305 e. The number of rotatable bonds is 3. The van der Waals surface area contributed by atoms with E-state index in [0.29, 0.717) is 6.04 Å². The number of H-pyrrole nitrogens is 1. The molecule has 1 aliphatic rings. The van der Waals surface area contributed by atoms with Crippen molar-refractivity contribution in [2.75, 3.05) is 0 Å². The molecule has 84 valence electrons. The highest BCUT2D eigenvalue weighted by Crippen LogP contribution is 2.19. The predicted molar refractivity (Wildman–Crippen MR) is 59.4 cm³/mol. The Kier molecular flexibility index (Phi) is 3.72. The summed E-state index contributed by atoms with van der Waals surface area (Å²) in [5, 5.41) is 10.4. The summed E-state index contributed by atoms with van der Waals surface area (Å²) in [6.45, 7) is 2.14. The Morgan fingerprint density at radius 2 is 2.07 bits per heavy atom.